The van der Waals surface area contributed by atoms with Crippen molar-refractivity contribution >= 4 is 5.91 Å². The summed E-state index contributed by atoms with van der Waals surface area (Å²) in [5, 5.41) is 8.69. The number of fused-ring (bicyclic) bond motifs is 2. The third-order valence-corrected chi connectivity index (χ3v) is 3.10. The summed E-state index contributed by atoms with van der Waals surface area (Å²) in [5.74, 6) is 0.892. The summed E-state index contributed by atoms with van der Waals surface area (Å²) in [5.41, 5.74) is 5.18. The fourth-order valence-corrected chi connectivity index (χ4v) is 2.40. The van der Waals surface area contributed by atoms with E-state index in [0.717, 1.165) is 6.42 Å². The minimum atomic E-state index is -0.612. The predicted octanol–water partition coefficient (Wildman–Crippen LogP) is 1.13. The summed E-state index contributed by atoms with van der Waals surface area (Å²) >= 11 is 0. The highest BCUT2D eigenvalue weighted by Crippen LogP contribution is 2.44. The van der Waals surface area contributed by atoms with E-state index in [9.17, 15) is 4.79 Å². The molecule has 0 radical (unpaired) electrons. The van der Waals surface area contributed by atoms with Crippen molar-refractivity contribution in [2.45, 2.75) is 12.8 Å². The highest BCUT2D eigenvalue weighted by molar-refractivity contribution is 5.95. The highest BCUT2D eigenvalue weighted by atomic mass is 16.1. The Hall–Kier alpha value is -1.56. The molecule has 0 aliphatic heterocycles. The number of allylic oxidation sites excluding steroid dienone is 3. The zero-order chi connectivity index (χ0) is 10.1. The van der Waals surface area contributed by atoms with E-state index in [-0.39, 0.29) is 5.57 Å². The van der Waals surface area contributed by atoms with Crippen molar-refractivity contribution in [2.24, 2.45) is 23.5 Å². The van der Waals surface area contributed by atoms with Crippen molar-refractivity contribution in [1.29, 1.82) is 5.26 Å². The first-order valence-electron chi connectivity index (χ1n) is 4.80. The fourth-order valence-electron chi connectivity index (χ4n) is 2.40. The van der Waals surface area contributed by atoms with E-state index >= 15 is 0 Å². The number of nitrogens with zero attached hydrogens (tertiary/aromatic N) is 1. The second-order valence-corrected chi connectivity index (χ2v) is 4.00. The van der Waals surface area contributed by atoms with Gasteiger partial charge in [0, 0.05) is 0 Å². The maximum absolute atomic E-state index is 10.8. The Labute approximate surface area is 82.9 Å². The van der Waals surface area contributed by atoms with Gasteiger partial charge in [-0.15, -0.1) is 0 Å². The summed E-state index contributed by atoms with van der Waals surface area (Å²) in [6.45, 7) is 0. The molecule has 72 valence electrons. The average molecular weight is 188 g/mol. The smallest absolute Gasteiger partial charge is 0.259 e. The molecule has 1 fully saturated rings. The second-order valence-electron chi connectivity index (χ2n) is 4.00. The van der Waals surface area contributed by atoms with Crippen molar-refractivity contribution in [2.75, 3.05) is 0 Å². The van der Waals surface area contributed by atoms with E-state index in [4.69, 9.17) is 11.0 Å². The molecule has 0 spiro atoms. The number of carbonyl (C=O) groups excluding carboxylic acids is 1. The van der Waals surface area contributed by atoms with Crippen molar-refractivity contribution in [3.8, 4) is 6.07 Å². The first kappa shape index (κ1) is 9.01. The summed E-state index contributed by atoms with van der Waals surface area (Å²) in [7, 11) is 0. The zero-order valence-corrected chi connectivity index (χ0v) is 7.81. The number of nitriles is 1. The molecule has 2 N–H and O–H groups in total. The topological polar surface area (TPSA) is 66.9 Å². The second kappa shape index (κ2) is 3.30. The Morgan fingerprint density at radius 1 is 1.50 bits per heavy atom. The van der Waals surface area contributed by atoms with Crippen molar-refractivity contribution < 1.29 is 4.79 Å². The molecular weight excluding hydrogens is 176 g/mol. The summed E-state index contributed by atoms with van der Waals surface area (Å²) in [6, 6.07) is 1.85. The molecular formula is C11H12N2O. The molecule has 2 aliphatic rings. The van der Waals surface area contributed by atoms with Crippen molar-refractivity contribution in [3.63, 3.8) is 0 Å². The van der Waals surface area contributed by atoms with E-state index in [1.54, 1.807) is 6.08 Å². The Balaban J connectivity index is 2.15. The molecule has 0 aromatic carbocycles. The van der Waals surface area contributed by atoms with Gasteiger partial charge in [0.2, 0.25) is 0 Å². The number of carbonyl (C=O) groups is 1. The normalized spacial score (nSPS) is 34.5. The molecule has 3 atom stereocenters. The van der Waals surface area contributed by atoms with Crippen molar-refractivity contribution in [1.82, 2.24) is 0 Å². The van der Waals surface area contributed by atoms with E-state index in [0.29, 0.717) is 17.8 Å². The van der Waals surface area contributed by atoms with Crippen molar-refractivity contribution in [3.05, 3.63) is 23.8 Å². The van der Waals surface area contributed by atoms with E-state index in [1.165, 1.54) is 6.42 Å². The Kier molecular flexibility index (Phi) is 2.12. The van der Waals surface area contributed by atoms with Crippen LogP contribution in [-0.2, 0) is 4.79 Å². The predicted molar refractivity (Wildman–Crippen MR) is 51.7 cm³/mol. The number of rotatable bonds is 2. The maximum Gasteiger partial charge on any atom is 0.259 e. The molecule has 0 saturated heterocycles. The minimum Gasteiger partial charge on any atom is -0.365 e. The number of hydrogen-bond donors (Lipinski definition) is 1. The molecule has 0 heterocycles. The molecule has 14 heavy (non-hydrogen) atoms. The van der Waals surface area contributed by atoms with Crippen LogP contribution in [0.5, 0.6) is 0 Å². The van der Waals surface area contributed by atoms with Gasteiger partial charge in [-0.2, -0.15) is 5.26 Å². The van der Waals surface area contributed by atoms with Crippen LogP contribution in [0.15, 0.2) is 23.8 Å². The lowest BCUT2D eigenvalue weighted by molar-refractivity contribution is -0.114. The van der Waals surface area contributed by atoms with Gasteiger partial charge in [0.05, 0.1) is 0 Å². The molecule has 2 bridgehead atoms. The zero-order valence-electron chi connectivity index (χ0n) is 7.81. The molecule has 2 aliphatic carbocycles. The third-order valence-electron chi connectivity index (χ3n) is 3.10. The van der Waals surface area contributed by atoms with Crippen LogP contribution in [0.3, 0.4) is 0 Å². The monoisotopic (exact) mass is 188 g/mol. The Morgan fingerprint density at radius 2 is 2.29 bits per heavy atom. The van der Waals surface area contributed by atoms with Gasteiger partial charge in [0.15, 0.2) is 0 Å². The van der Waals surface area contributed by atoms with Crippen LogP contribution in [0.1, 0.15) is 12.8 Å². The number of hydrogen-bond acceptors (Lipinski definition) is 2. The SMILES string of the molecule is N#C/C(=C\[C@H]1C[C@@H]2C=C[C@@H]1C2)C(N)=O. The number of nitrogens with two attached hydrogens (primary N) is 1. The number of amides is 1. The summed E-state index contributed by atoms with van der Waals surface area (Å²) in [6.07, 6.45) is 8.38. The van der Waals surface area contributed by atoms with Crippen LogP contribution in [0.25, 0.3) is 0 Å². The molecule has 1 saturated carbocycles. The van der Waals surface area contributed by atoms with Gasteiger partial charge in [-0.3, -0.25) is 4.79 Å². The largest absolute Gasteiger partial charge is 0.365 e. The first-order chi connectivity index (χ1) is 6.70. The lowest BCUT2D eigenvalue weighted by Crippen LogP contribution is -2.15. The van der Waals surface area contributed by atoms with E-state index in [2.05, 4.69) is 12.2 Å². The highest BCUT2D eigenvalue weighted by Gasteiger charge is 2.34. The average Bonchev–Trinajstić information content (AvgIpc) is 2.74. The number of primary amides is 1. The van der Waals surface area contributed by atoms with Gasteiger partial charge in [-0.1, -0.05) is 18.2 Å². The molecule has 3 nitrogen and oxygen atoms in total. The molecule has 2 rings (SSSR count). The standard InChI is InChI=1S/C11H12N2O/c12-6-10(11(13)14)5-9-4-7-1-2-8(9)3-7/h1-2,5,7-9H,3-4H2,(H2,13,14)/b10-5+/t7-,8-,9-/m1/s1. The summed E-state index contributed by atoms with van der Waals surface area (Å²) in [4.78, 5) is 10.8. The molecule has 0 aromatic rings. The first-order valence-corrected chi connectivity index (χ1v) is 4.80. The van der Waals surface area contributed by atoms with Gasteiger partial charge >= 0.3 is 0 Å². The Bertz CT molecular complexity index is 362. The van der Waals surface area contributed by atoms with Gasteiger partial charge in [-0.05, 0) is 30.6 Å². The van der Waals surface area contributed by atoms with Crippen LogP contribution in [0.4, 0.5) is 0 Å². The molecule has 0 aromatic heterocycles. The maximum atomic E-state index is 10.8. The fraction of sp³-hybridized carbons (Fsp3) is 0.455. The van der Waals surface area contributed by atoms with E-state index < -0.39 is 5.91 Å². The Morgan fingerprint density at radius 3 is 2.71 bits per heavy atom. The lowest BCUT2D eigenvalue weighted by Gasteiger charge is -2.13. The minimum absolute atomic E-state index is 0.107. The van der Waals surface area contributed by atoms with Crippen LogP contribution in [-0.4, -0.2) is 5.91 Å². The molecule has 0 unspecified atom stereocenters. The van der Waals surface area contributed by atoms with Crippen LogP contribution in [0.2, 0.25) is 0 Å². The van der Waals surface area contributed by atoms with E-state index in [1.807, 2.05) is 6.07 Å². The molecule has 3 heteroatoms. The van der Waals surface area contributed by atoms with Gasteiger partial charge in [-0.25, -0.2) is 0 Å². The van der Waals surface area contributed by atoms with Gasteiger partial charge in [0.1, 0.15) is 11.6 Å². The van der Waals surface area contributed by atoms with Crippen LogP contribution < -0.4 is 5.73 Å². The van der Waals surface area contributed by atoms with Gasteiger partial charge in [0.25, 0.3) is 5.91 Å². The van der Waals surface area contributed by atoms with Gasteiger partial charge < -0.3 is 5.73 Å². The van der Waals surface area contributed by atoms with Crippen LogP contribution >= 0.6 is 0 Å². The lowest BCUT2D eigenvalue weighted by atomic mass is 9.91. The van der Waals surface area contributed by atoms with Crippen LogP contribution in [0, 0.1) is 29.1 Å². The quantitative estimate of drug-likeness (QED) is 0.401. The third kappa shape index (κ3) is 1.44. The summed E-state index contributed by atoms with van der Waals surface area (Å²) < 4.78 is 0. The molecule has 1 amide bonds.